The number of rotatable bonds is 6. The highest BCUT2D eigenvalue weighted by Gasteiger charge is 2.36. The Morgan fingerprint density at radius 2 is 2.00 bits per heavy atom. The van der Waals surface area contributed by atoms with Crippen LogP contribution in [0.3, 0.4) is 0 Å². The van der Waals surface area contributed by atoms with Gasteiger partial charge in [0, 0.05) is 12.6 Å². The van der Waals surface area contributed by atoms with Crippen LogP contribution in [0.15, 0.2) is 18.2 Å². The summed E-state index contributed by atoms with van der Waals surface area (Å²) >= 11 is 0.144. The molecule has 0 fully saturated rings. The van der Waals surface area contributed by atoms with Crippen molar-refractivity contribution < 1.29 is 31.5 Å². The molecule has 2 rings (SSSR count). The maximum Gasteiger partial charge on any atom is 0.445 e. The highest BCUT2D eigenvalue weighted by molar-refractivity contribution is 7.13. The molecule has 1 aromatic heterocycles. The zero-order valence-electron chi connectivity index (χ0n) is 12.8. The number of carbonyl (C=O) groups excluding carboxylic acids is 1. The summed E-state index contributed by atoms with van der Waals surface area (Å²) < 4.78 is 69.1. The zero-order chi connectivity index (χ0) is 18.6. The number of hydrogen-bond acceptors (Lipinski definition) is 5. The first kappa shape index (κ1) is 19.0. The van der Waals surface area contributed by atoms with E-state index in [4.69, 9.17) is 4.74 Å². The van der Waals surface area contributed by atoms with Gasteiger partial charge >= 0.3 is 6.18 Å². The fourth-order valence-electron chi connectivity index (χ4n) is 1.89. The van der Waals surface area contributed by atoms with E-state index in [1.165, 1.54) is 0 Å². The molecule has 0 unspecified atom stereocenters. The second-order valence-electron chi connectivity index (χ2n) is 4.80. The summed E-state index contributed by atoms with van der Waals surface area (Å²) in [6.07, 6.45) is -4.19. The number of aromatic nitrogens is 2. The SMILES string of the molecule is CCCN(C(=O)COc1nnc(C(F)(F)F)s1)c1ccc(F)cc1F. The molecule has 1 aromatic carbocycles. The van der Waals surface area contributed by atoms with Crippen LogP contribution >= 0.6 is 11.3 Å². The average Bonchev–Trinajstić information content (AvgIpc) is 3.00. The van der Waals surface area contributed by atoms with Crippen molar-refractivity contribution in [2.45, 2.75) is 19.5 Å². The van der Waals surface area contributed by atoms with Crippen LogP contribution in [0, 0.1) is 11.6 Å². The molecule has 1 amide bonds. The third-order valence-electron chi connectivity index (χ3n) is 2.92. The molecule has 0 N–H and O–H groups in total. The molecule has 0 aliphatic carbocycles. The van der Waals surface area contributed by atoms with E-state index in [1.54, 1.807) is 6.92 Å². The summed E-state index contributed by atoms with van der Waals surface area (Å²) in [5.41, 5.74) is -0.148. The molecule has 0 saturated carbocycles. The van der Waals surface area contributed by atoms with E-state index in [2.05, 4.69) is 10.2 Å². The monoisotopic (exact) mass is 381 g/mol. The molecular formula is C14H12F5N3O2S. The number of amides is 1. The van der Waals surface area contributed by atoms with Crippen molar-refractivity contribution in [1.82, 2.24) is 10.2 Å². The number of carbonyl (C=O) groups is 1. The summed E-state index contributed by atoms with van der Waals surface area (Å²) in [5, 5.41) is 4.48. The van der Waals surface area contributed by atoms with Crippen LogP contribution in [0.4, 0.5) is 27.6 Å². The topological polar surface area (TPSA) is 55.3 Å². The van der Waals surface area contributed by atoms with Crippen LogP contribution in [0.25, 0.3) is 0 Å². The maximum absolute atomic E-state index is 13.9. The van der Waals surface area contributed by atoms with E-state index in [1.807, 2.05) is 0 Å². The lowest BCUT2D eigenvalue weighted by atomic mass is 10.2. The number of ether oxygens (including phenoxy) is 1. The Kier molecular flexibility index (Phi) is 5.88. The first-order chi connectivity index (χ1) is 11.7. The lowest BCUT2D eigenvalue weighted by Crippen LogP contribution is -2.36. The Morgan fingerprint density at radius 1 is 1.28 bits per heavy atom. The van der Waals surface area contributed by atoms with Gasteiger partial charge in [-0.3, -0.25) is 4.79 Å². The normalized spacial score (nSPS) is 11.4. The second kappa shape index (κ2) is 7.72. The summed E-state index contributed by atoms with van der Waals surface area (Å²) in [7, 11) is 0. The summed E-state index contributed by atoms with van der Waals surface area (Å²) in [4.78, 5) is 13.3. The van der Waals surface area contributed by atoms with Crippen molar-refractivity contribution in [3.63, 3.8) is 0 Å². The molecule has 0 aliphatic rings. The highest BCUT2D eigenvalue weighted by atomic mass is 32.1. The van der Waals surface area contributed by atoms with Gasteiger partial charge in [0.15, 0.2) is 6.61 Å². The first-order valence-corrected chi connectivity index (χ1v) is 7.83. The fraction of sp³-hybridized carbons (Fsp3) is 0.357. The summed E-state index contributed by atoms with van der Waals surface area (Å²) in [6.45, 7) is 1.20. The molecular weight excluding hydrogens is 369 g/mol. The zero-order valence-corrected chi connectivity index (χ0v) is 13.6. The van der Waals surface area contributed by atoms with Gasteiger partial charge in [-0.1, -0.05) is 23.4 Å². The standard InChI is InChI=1S/C14H12F5N3O2S/c1-2-5-22(10-4-3-8(15)6-9(10)16)11(23)7-24-13-21-20-12(25-13)14(17,18)19/h3-4,6H,2,5,7H2,1H3. The molecule has 0 atom stereocenters. The van der Waals surface area contributed by atoms with E-state index in [9.17, 15) is 26.7 Å². The molecule has 5 nitrogen and oxygen atoms in total. The third-order valence-corrected chi connectivity index (χ3v) is 3.80. The molecule has 25 heavy (non-hydrogen) atoms. The predicted octanol–water partition coefficient (Wildman–Crippen LogP) is 3.66. The number of alkyl halides is 3. The van der Waals surface area contributed by atoms with E-state index >= 15 is 0 Å². The van der Waals surface area contributed by atoms with Crippen molar-refractivity contribution in [2.75, 3.05) is 18.1 Å². The number of nitrogens with zero attached hydrogens (tertiary/aromatic N) is 3. The van der Waals surface area contributed by atoms with Gasteiger partial charge in [0.05, 0.1) is 5.69 Å². The van der Waals surface area contributed by atoms with Gasteiger partial charge < -0.3 is 9.64 Å². The van der Waals surface area contributed by atoms with Gasteiger partial charge in [-0.25, -0.2) is 8.78 Å². The largest absolute Gasteiger partial charge is 0.459 e. The van der Waals surface area contributed by atoms with Crippen LogP contribution in [-0.2, 0) is 11.0 Å². The Hall–Kier alpha value is -2.30. The highest BCUT2D eigenvalue weighted by Crippen LogP contribution is 2.33. The fourth-order valence-corrected chi connectivity index (χ4v) is 2.45. The number of halogens is 5. The van der Waals surface area contributed by atoms with Crippen molar-refractivity contribution >= 4 is 22.9 Å². The number of hydrogen-bond donors (Lipinski definition) is 0. The molecule has 11 heteroatoms. The van der Waals surface area contributed by atoms with Crippen LogP contribution < -0.4 is 9.64 Å². The smallest absolute Gasteiger partial charge is 0.445 e. The Labute approximate surface area is 143 Å². The Balaban J connectivity index is 2.09. The second-order valence-corrected chi connectivity index (χ2v) is 5.74. The van der Waals surface area contributed by atoms with Crippen LogP contribution in [0.2, 0.25) is 0 Å². The molecule has 0 saturated heterocycles. The van der Waals surface area contributed by atoms with Crippen LogP contribution in [-0.4, -0.2) is 29.3 Å². The number of anilines is 1. The lowest BCUT2D eigenvalue weighted by molar-refractivity contribution is -0.138. The van der Waals surface area contributed by atoms with Gasteiger partial charge in [0.2, 0.25) is 5.01 Å². The molecule has 136 valence electrons. The molecule has 1 heterocycles. The van der Waals surface area contributed by atoms with Crippen molar-refractivity contribution in [3.8, 4) is 5.19 Å². The minimum Gasteiger partial charge on any atom is -0.459 e. The summed E-state index contributed by atoms with van der Waals surface area (Å²) in [5.74, 6) is -2.44. The quantitative estimate of drug-likeness (QED) is 0.717. The van der Waals surface area contributed by atoms with E-state index < -0.39 is 40.5 Å². The van der Waals surface area contributed by atoms with Gasteiger partial charge in [0.25, 0.3) is 11.1 Å². The number of benzene rings is 1. The van der Waals surface area contributed by atoms with Crippen molar-refractivity contribution in [3.05, 3.63) is 34.8 Å². The maximum atomic E-state index is 13.9. The van der Waals surface area contributed by atoms with E-state index in [0.29, 0.717) is 12.5 Å². The van der Waals surface area contributed by atoms with Crippen LogP contribution in [0.5, 0.6) is 5.19 Å². The lowest BCUT2D eigenvalue weighted by Gasteiger charge is -2.22. The Bertz CT molecular complexity index is 750. The molecule has 0 aliphatic heterocycles. The van der Waals surface area contributed by atoms with Crippen molar-refractivity contribution in [1.29, 1.82) is 0 Å². The van der Waals surface area contributed by atoms with Crippen LogP contribution in [0.1, 0.15) is 18.4 Å². The average molecular weight is 381 g/mol. The minimum absolute atomic E-state index is 0.120. The van der Waals surface area contributed by atoms with Gasteiger partial charge in [-0.2, -0.15) is 13.2 Å². The van der Waals surface area contributed by atoms with Gasteiger partial charge in [0.1, 0.15) is 11.6 Å². The van der Waals surface area contributed by atoms with Gasteiger partial charge in [-0.05, 0) is 18.6 Å². The third kappa shape index (κ3) is 4.84. The molecule has 0 bridgehead atoms. The molecule has 0 spiro atoms. The first-order valence-electron chi connectivity index (χ1n) is 7.01. The predicted molar refractivity (Wildman–Crippen MR) is 79.4 cm³/mol. The summed E-state index contributed by atoms with van der Waals surface area (Å²) in [6, 6.07) is 2.73. The van der Waals surface area contributed by atoms with E-state index in [-0.39, 0.29) is 23.6 Å². The van der Waals surface area contributed by atoms with Gasteiger partial charge in [-0.15, -0.1) is 5.10 Å². The minimum atomic E-state index is -4.66. The molecule has 0 radical (unpaired) electrons. The van der Waals surface area contributed by atoms with E-state index in [0.717, 1.165) is 17.0 Å². The molecule has 2 aromatic rings. The van der Waals surface area contributed by atoms with Crippen molar-refractivity contribution in [2.24, 2.45) is 0 Å². The Morgan fingerprint density at radius 3 is 2.56 bits per heavy atom.